The van der Waals surface area contributed by atoms with E-state index in [4.69, 9.17) is 21.1 Å². The van der Waals surface area contributed by atoms with Crippen LogP contribution in [0.4, 0.5) is 0 Å². The quantitative estimate of drug-likeness (QED) is 0.481. The summed E-state index contributed by atoms with van der Waals surface area (Å²) in [7, 11) is 0. The molecule has 2 aliphatic heterocycles. The first-order chi connectivity index (χ1) is 11.2. The molecule has 0 spiro atoms. The summed E-state index contributed by atoms with van der Waals surface area (Å²) in [6, 6.07) is 0. The fourth-order valence-electron chi connectivity index (χ4n) is 7.76. The van der Waals surface area contributed by atoms with Gasteiger partial charge in [-0.2, -0.15) is 0 Å². The van der Waals surface area contributed by atoms with Crippen molar-refractivity contribution in [1.29, 1.82) is 0 Å². The van der Waals surface area contributed by atoms with E-state index >= 15 is 0 Å². The maximum Gasteiger partial charge on any atom is 0.154 e. The summed E-state index contributed by atoms with van der Waals surface area (Å²) in [6.45, 7) is 4.73. The highest BCUT2D eigenvalue weighted by molar-refractivity contribution is 9.10. The van der Waals surface area contributed by atoms with Crippen LogP contribution in [-0.4, -0.2) is 38.9 Å². The van der Waals surface area contributed by atoms with Gasteiger partial charge in [-0.25, -0.2) is 0 Å². The highest BCUT2D eigenvalue weighted by Gasteiger charge is 2.78. The second-order valence-corrected chi connectivity index (χ2v) is 11.7. The molecule has 11 atom stereocenters. The van der Waals surface area contributed by atoms with Crippen molar-refractivity contribution in [3.05, 3.63) is 0 Å². The van der Waals surface area contributed by atoms with E-state index in [1.54, 1.807) is 0 Å². The van der Waals surface area contributed by atoms with Gasteiger partial charge in [0.1, 0.15) is 0 Å². The van der Waals surface area contributed by atoms with E-state index in [0.717, 1.165) is 25.7 Å². The molecule has 6 rings (SSSR count). The van der Waals surface area contributed by atoms with Gasteiger partial charge in [-0.15, -0.1) is 11.6 Å². The minimum Gasteiger partial charge on any atom is -0.388 e. The molecule has 5 heteroatoms. The summed E-state index contributed by atoms with van der Waals surface area (Å²) in [4.78, 5) is 0. The molecule has 6 aliphatic rings. The van der Waals surface area contributed by atoms with Gasteiger partial charge in [0.15, 0.2) is 4.51 Å². The molecule has 3 nitrogen and oxygen atoms in total. The number of fused-ring (bicyclic) bond motifs is 8. The number of epoxide rings is 2. The number of hydrogen-bond acceptors (Lipinski definition) is 3. The van der Waals surface area contributed by atoms with Crippen LogP contribution in [0.5, 0.6) is 0 Å². The monoisotopic (exact) mass is 416 g/mol. The topological polar surface area (TPSA) is 45.3 Å². The number of hydrogen-bond donors (Lipinski definition) is 1. The fraction of sp³-hybridized carbons (Fsp3) is 1.00. The molecule has 0 amide bonds. The minimum absolute atomic E-state index is 0.0800. The van der Waals surface area contributed by atoms with Gasteiger partial charge in [0.2, 0.25) is 0 Å². The third kappa shape index (κ3) is 1.52. The molecule has 1 N–H and O–H groups in total. The van der Waals surface area contributed by atoms with Crippen molar-refractivity contribution >= 4 is 27.5 Å². The Balaban J connectivity index is 1.41. The Morgan fingerprint density at radius 1 is 1.08 bits per heavy atom. The van der Waals surface area contributed by atoms with Gasteiger partial charge in [0, 0.05) is 17.3 Å². The molecule has 2 heterocycles. The summed E-state index contributed by atoms with van der Waals surface area (Å²) in [6.07, 6.45) is 7.21. The van der Waals surface area contributed by atoms with E-state index in [9.17, 15) is 5.11 Å². The third-order valence-corrected chi connectivity index (χ3v) is 11.5. The van der Waals surface area contributed by atoms with Crippen molar-refractivity contribution in [1.82, 2.24) is 0 Å². The highest BCUT2D eigenvalue weighted by Crippen LogP contribution is 2.76. The summed E-state index contributed by atoms with van der Waals surface area (Å²) in [5.41, 5.74) is -0.645. The molecule has 2 unspecified atom stereocenters. The normalized spacial score (nSPS) is 72.1. The zero-order valence-electron chi connectivity index (χ0n) is 14.3. The maximum absolute atomic E-state index is 11.6. The van der Waals surface area contributed by atoms with Crippen LogP contribution in [0.15, 0.2) is 0 Å². The van der Waals surface area contributed by atoms with Crippen LogP contribution in [0.3, 0.4) is 0 Å². The summed E-state index contributed by atoms with van der Waals surface area (Å²) < 4.78 is 11.8. The number of aliphatic hydroxyl groups is 1. The lowest BCUT2D eigenvalue weighted by atomic mass is 9.43. The van der Waals surface area contributed by atoms with Gasteiger partial charge in [-0.1, -0.05) is 29.8 Å². The van der Waals surface area contributed by atoms with Crippen LogP contribution in [-0.2, 0) is 9.47 Å². The molecule has 0 bridgehead atoms. The van der Waals surface area contributed by atoms with E-state index in [2.05, 4.69) is 29.8 Å². The molecule has 0 aromatic heterocycles. The first-order valence-corrected chi connectivity index (χ1v) is 10.8. The lowest BCUT2D eigenvalue weighted by Crippen LogP contribution is -2.67. The summed E-state index contributed by atoms with van der Waals surface area (Å²) in [5.74, 6) is 1.84. The molecule has 0 aromatic rings. The molecule has 4 saturated carbocycles. The average molecular weight is 418 g/mol. The summed E-state index contributed by atoms with van der Waals surface area (Å²) >= 11 is 10.8. The Hall–Kier alpha value is 0.650. The predicted octanol–water partition coefficient (Wildman–Crippen LogP) is 3.84. The second-order valence-electron chi connectivity index (χ2n) is 9.99. The SMILES string of the molecule is C[C@]12CC[C@H]3[C@@H](C[C@@H](Cl)[C@@]4(O)CC5OC5C[C@]34C)[C@@H]1C[C@H]1O[C@]12Br. The van der Waals surface area contributed by atoms with Gasteiger partial charge in [-0.3, -0.25) is 0 Å². The van der Waals surface area contributed by atoms with E-state index < -0.39 is 5.60 Å². The van der Waals surface area contributed by atoms with Crippen molar-refractivity contribution in [2.24, 2.45) is 28.6 Å². The summed E-state index contributed by atoms with van der Waals surface area (Å²) in [5, 5.41) is 11.5. The smallest absolute Gasteiger partial charge is 0.154 e. The minimum atomic E-state index is -0.759. The van der Waals surface area contributed by atoms with Crippen molar-refractivity contribution < 1.29 is 14.6 Å². The van der Waals surface area contributed by atoms with Gasteiger partial charge in [0.25, 0.3) is 0 Å². The number of ether oxygens (including phenoxy) is 2. The van der Waals surface area contributed by atoms with Crippen molar-refractivity contribution in [2.75, 3.05) is 0 Å². The standard InChI is InChI=1S/C19H26BrClO3/c1-16-4-3-10-9(11(16)6-15-19(16,20)24-15)5-14(21)18(22)8-13-12(23-13)7-17(10,18)2/h9-15,22H,3-8H2,1-2H3/t9-,10+,11+,12?,13?,14-,15-,16+,17-,18+,19-/m1/s1. The first-order valence-electron chi connectivity index (χ1n) is 9.62. The second kappa shape index (κ2) is 4.22. The molecule has 134 valence electrons. The third-order valence-electron chi connectivity index (χ3n) is 9.37. The predicted molar refractivity (Wildman–Crippen MR) is 94.2 cm³/mol. The Morgan fingerprint density at radius 2 is 1.83 bits per heavy atom. The van der Waals surface area contributed by atoms with Crippen LogP contribution < -0.4 is 0 Å². The van der Waals surface area contributed by atoms with Gasteiger partial charge >= 0.3 is 0 Å². The lowest BCUT2D eigenvalue weighted by molar-refractivity contribution is -0.199. The molecular weight excluding hydrogens is 392 g/mol. The average Bonchev–Trinajstić information content (AvgIpc) is 3.38. The van der Waals surface area contributed by atoms with E-state index in [-0.39, 0.29) is 26.8 Å². The van der Waals surface area contributed by atoms with Crippen molar-refractivity contribution in [3.63, 3.8) is 0 Å². The number of halogens is 2. The maximum atomic E-state index is 11.6. The van der Waals surface area contributed by atoms with E-state index in [1.165, 1.54) is 12.8 Å². The Bertz CT molecular complexity index is 632. The first kappa shape index (κ1) is 15.7. The Morgan fingerprint density at radius 3 is 2.62 bits per heavy atom. The largest absolute Gasteiger partial charge is 0.388 e. The van der Waals surface area contributed by atoms with Gasteiger partial charge < -0.3 is 14.6 Å². The van der Waals surface area contributed by atoms with Crippen LogP contribution in [0.2, 0.25) is 0 Å². The number of rotatable bonds is 0. The van der Waals surface area contributed by atoms with Crippen LogP contribution in [0, 0.1) is 28.6 Å². The van der Waals surface area contributed by atoms with Crippen LogP contribution in [0.1, 0.15) is 52.4 Å². The zero-order chi connectivity index (χ0) is 16.7. The van der Waals surface area contributed by atoms with E-state index in [1.807, 2.05) is 0 Å². The molecule has 2 saturated heterocycles. The lowest BCUT2D eigenvalue weighted by Gasteiger charge is -2.64. The zero-order valence-corrected chi connectivity index (χ0v) is 16.6. The van der Waals surface area contributed by atoms with Crippen molar-refractivity contribution in [2.45, 2.75) is 86.2 Å². The Labute approximate surface area is 156 Å². The van der Waals surface area contributed by atoms with Gasteiger partial charge in [-0.05, 0) is 49.9 Å². The number of alkyl halides is 2. The van der Waals surface area contributed by atoms with Gasteiger partial charge in [0.05, 0.1) is 29.3 Å². The molecule has 0 aromatic carbocycles. The molecule has 4 aliphatic carbocycles. The molecule has 0 radical (unpaired) electrons. The Kier molecular flexibility index (Phi) is 2.75. The molecular formula is C19H26BrClO3. The van der Waals surface area contributed by atoms with E-state index in [0.29, 0.717) is 30.0 Å². The molecule has 24 heavy (non-hydrogen) atoms. The van der Waals surface area contributed by atoms with Crippen LogP contribution in [0.25, 0.3) is 0 Å². The highest BCUT2D eigenvalue weighted by atomic mass is 79.9. The molecule has 6 fully saturated rings. The van der Waals surface area contributed by atoms with Crippen molar-refractivity contribution in [3.8, 4) is 0 Å². The van der Waals surface area contributed by atoms with Crippen LogP contribution >= 0.6 is 27.5 Å². The fourth-order valence-corrected chi connectivity index (χ4v) is 9.20.